The van der Waals surface area contributed by atoms with Crippen LogP contribution in [0.5, 0.6) is 0 Å². The molecule has 0 aliphatic heterocycles. The molecule has 0 saturated heterocycles. The fourth-order valence-corrected chi connectivity index (χ4v) is 1.83. The third-order valence-electron chi connectivity index (χ3n) is 2.86. The van der Waals surface area contributed by atoms with Crippen molar-refractivity contribution in [1.29, 1.82) is 0 Å². The van der Waals surface area contributed by atoms with E-state index in [2.05, 4.69) is 16.4 Å². The van der Waals surface area contributed by atoms with Gasteiger partial charge in [0, 0.05) is 18.9 Å². The van der Waals surface area contributed by atoms with Crippen LogP contribution in [0.15, 0.2) is 42.7 Å². The minimum absolute atomic E-state index is 0.144. The maximum absolute atomic E-state index is 13.1. The monoisotopic (exact) mass is 244 g/mol. The molecule has 1 heterocycles. The summed E-state index contributed by atoms with van der Waals surface area (Å²) in [7, 11) is 0. The van der Waals surface area contributed by atoms with Crippen molar-refractivity contribution in [2.45, 2.75) is 19.9 Å². The molecule has 2 nitrogen and oxygen atoms in total. The van der Waals surface area contributed by atoms with E-state index in [0.29, 0.717) is 5.56 Å². The van der Waals surface area contributed by atoms with E-state index in [1.54, 1.807) is 13.1 Å². The Balaban J connectivity index is 1.77. The van der Waals surface area contributed by atoms with E-state index in [4.69, 9.17) is 0 Å². The zero-order valence-electron chi connectivity index (χ0n) is 10.5. The molecular weight excluding hydrogens is 227 g/mol. The van der Waals surface area contributed by atoms with Crippen molar-refractivity contribution in [1.82, 2.24) is 10.3 Å². The van der Waals surface area contributed by atoms with Crippen LogP contribution >= 0.6 is 0 Å². The number of pyridine rings is 1. The van der Waals surface area contributed by atoms with Crippen molar-refractivity contribution >= 4 is 0 Å². The van der Waals surface area contributed by atoms with Crippen molar-refractivity contribution in [2.24, 2.45) is 0 Å². The zero-order chi connectivity index (χ0) is 12.8. The summed E-state index contributed by atoms with van der Waals surface area (Å²) in [6.45, 7) is 3.44. The minimum Gasteiger partial charge on any atom is -0.312 e. The molecule has 0 atom stereocenters. The van der Waals surface area contributed by atoms with Crippen molar-refractivity contribution < 1.29 is 4.39 Å². The summed E-state index contributed by atoms with van der Waals surface area (Å²) >= 11 is 0. The first-order chi connectivity index (χ1) is 8.75. The predicted molar refractivity (Wildman–Crippen MR) is 70.8 cm³/mol. The number of halogens is 1. The van der Waals surface area contributed by atoms with Gasteiger partial charge >= 0.3 is 0 Å². The number of aromatic nitrogens is 1. The molecule has 0 saturated carbocycles. The molecule has 0 spiro atoms. The van der Waals surface area contributed by atoms with Gasteiger partial charge in [-0.25, -0.2) is 4.39 Å². The Bertz CT molecular complexity index is 497. The summed E-state index contributed by atoms with van der Waals surface area (Å²) in [6, 6.07) is 9.23. The van der Waals surface area contributed by atoms with Crippen LogP contribution in [0.4, 0.5) is 4.39 Å². The first-order valence-electron chi connectivity index (χ1n) is 6.10. The van der Waals surface area contributed by atoms with E-state index in [0.717, 1.165) is 25.1 Å². The Labute approximate surface area is 107 Å². The van der Waals surface area contributed by atoms with Gasteiger partial charge < -0.3 is 5.32 Å². The quantitative estimate of drug-likeness (QED) is 0.818. The van der Waals surface area contributed by atoms with Gasteiger partial charge in [-0.05, 0) is 48.7 Å². The Morgan fingerprint density at radius 1 is 1.22 bits per heavy atom. The molecule has 1 N–H and O–H groups in total. The average Bonchev–Trinajstić information content (AvgIpc) is 2.40. The summed E-state index contributed by atoms with van der Waals surface area (Å²) in [5, 5.41) is 3.35. The molecule has 94 valence electrons. The number of nitrogens with zero attached hydrogens (tertiary/aromatic N) is 1. The Kier molecular flexibility index (Phi) is 4.42. The first-order valence-corrected chi connectivity index (χ1v) is 6.10. The number of benzene rings is 1. The van der Waals surface area contributed by atoms with Gasteiger partial charge in [0.05, 0.1) is 0 Å². The van der Waals surface area contributed by atoms with Crippen molar-refractivity contribution in [3.63, 3.8) is 0 Å². The summed E-state index contributed by atoms with van der Waals surface area (Å²) in [6.07, 6.45) is 4.61. The van der Waals surface area contributed by atoms with Crippen LogP contribution in [0.2, 0.25) is 0 Å². The van der Waals surface area contributed by atoms with Gasteiger partial charge in [0.2, 0.25) is 0 Å². The molecule has 1 aromatic heterocycles. The molecule has 0 fully saturated rings. The minimum atomic E-state index is -0.144. The number of hydrogen-bond donors (Lipinski definition) is 1. The number of hydrogen-bond acceptors (Lipinski definition) is 2. The fraction of sp³-hybridized carbons (Fsp3) is 0.267. The smallest absolute Gasteiger partial charge is 0.126 e. The van der Waals surface area contributed by atoms with Crippen LogP contribution < -0.4 is 5.32 Å². The molecule has 0 unspecified atom stereocenters. The standard InChI is InChI=1S/C15H17FN2/c1-12-9-14(4-5-15(12)16)11-18-8-6-13-3-2-7-17-10-13/h2-5,7,9-10,18H,6,8,11H2,1H3. The molecule has 0 radical (unpaired) electrons. The lowest BCUT2D eigenvalue weighted by molar-refractivity contribution is 0.615. The van der Waals surface area contributed by atoms with E-state index in [9.17, 15) is 4.39 Å². The molecule has 0 amide bonds. The molecule has 0 aliphatic carbocycles. The van der Waals surface area contributed by atoms with Crippen LogP contribution in [0.1, 0.15) is 16.7 Å². The summed E-state index contributed by atoms with van der Waals surface area (Å²) in [5.74, 6) is -0.144. The first kappa shape index (κ1) is 12.7. The van der Waals surface area contributed by atoms with E-state index in [1.807, 2.05) is 24.4 Å². The summed E-state index contributed by atoms with van der Waals surface area (Å²) in [4.78, 5) is 4.07. The molecule has 0 aliphatic rings. The van der Waals surface area contributed by atoms with E-state index in [-0.39, 0.29) is 5.82 Å². The molecule has 1 aromatic carbocycles. The highest BCUT2D eigenvalue weighted by Gasteiger charge is 1.99. The topological polar surface area (TPSA) is 24.9 Å². The highest BCUT2D eigenvalue weighted by atomic mass is 19.1. The normalized spacial score (nSPS) is 10.6. The molecule has 18 heavy (non-hydrogen) atoms. The molecule has 2 aromatic rings. The highest BCUT2D eigenvalue weighted by Crippen LogP contribution is 2.08. The number of nitrogens with one attached hydrogen (secondary N) is 1. The van der Waals surface area contributed by atoms with Crippen molar-refractivity contribution in [3.8, 4) is 0 Å². The maximum Gasteiger partial charge on any atom is 0.126 e. The summed E-state index contributed by atoms with van der Waals surface area (Å²) < 4.78 is 13.1. The van der Waals surface area contributed by atoms with E-state index < -0.39 is 0 Å². The second-order valence-electron chi connectivity index (χ2n) is 4.37. The lowest BCUT2D eigenvalue weighted by Gasteiger charge is -2.06. The van der Waals surface area contributed by atoms with Crippen LogP contribution in [0.3, 0.4) is 0 Å². The van der Waals surface area contributed by atoms with Gasteiger partial charge in [0.15, 0.2) is 0 Å². The summed E-state index contributed by atoms with van der Waals surface area (Å²) in [5.41, 5.74) is 3.03. The molecule has 0 bridgehead atoms. The molecule has 2 rings (SSSR count). The number of aryl methyl sites for hydroxylation is 1. The largest absolute Gasteiger partial charge is 0.312 e. The fourth-order valence-electron chi connectivity index (χ4n) is 1.83. The maximum atomic E-state index is 13.1. The Morgan fingerprint density at radius 2 is 2.11 bits per heavy atom. The van der Waals surface area contributed by atoms with Crippen LogP contribution in [-0.2, 0) is 13.0 Å². The van der Waals surface area contributed by atoms with Crippen molar-refractivity contribution in [2.75, 3.05) is 6.54 Å². The molecule has 3 heteroatoms. The van der Waals surface area contributed by atoms with Gasteiger partial charge in [-0.1, -0.05) is 18.2 Å². The SMILES string of the molecule is Cc1cc(CNCCc2cccnc2)ccc1F. The van der Waals surface area contributed by atoms with E-state index >= 15 is 0 Å². The Hall–Kier alpha value is -1.74. The second-order valence-corrected chi connectivity index (χ2v) is 4.37. The van der Waals surface area contributed by atoms with Gasteiger partial charge in [-0.2, -0.15) is 0 Å². The van der Waals surface area contributed by atoms with Gasteiger partial charge in [0.1, 0.15) is 5.82 Å². The van der Waals surface area contributed by atoms with Gasteiger partial charge in [0.25, 0.3) is 0 Å². The third kappa shape index (κ3) is 3.64. The van der Waals surface area contributed by atoms with Crippen LogP contribution in [-0.4, -0.2) is 11.5 Å². The average molecular weight is 244 g/mol. The van der Waals surface area contributed by atoms with E-state index in [1.165, 1.54) is 11.6 Å². The highest BCUT2D eigenvalue weighted by molar-refractivity contribution is 5.23. The van der Waals surface area contributed by atoms with Gasteiger partial charge in [-0.3, -0.25) is 4.98 Å². The van der Waals surface area contributed by atoms with Gasteiger partial charge in [-0.15, -0.1) is 0 Å². The number of rotatable bonds is 5. The van der Waals surface area contributed by atoms with Crippen LogP contribution in [0.25, 0.3) is 0 Å². The predicted octanol–water partition coefficient (Wildman–Crippen LogP) is 2.86. The zero-order valence-corrected chi connectivity index (χ0v) is 10.5. The van der Waals surface area contributed by atoms with Crippen LogP contribution in [0, 0.1) is 12.7 Å². The Morgan fingerprint density at radius 3 is 2.83 bits per heavy atom. The lowest BCUT2D eigenvalue weighted by Crippen LogP contribution is -2.16. The molecular formula is C15H17FN2. The third-order valence-corrected chi connectivity index (χ3v) is 2.86. The van der Waals surface area contributed by atoms with Crippen molar-refractivity contribution in [3.05, 3.63) is 65.2 Å². The lowest BCUT2D eigenvalue weighted by atomic mass is 10.1. The second kappa shape index (κ2) is 6.26.